The second-order valence-corrected chi connectivity index (χ2v) is 4.41. The van der Waals surface area contributed by atoms with E-state index in [1.165, 1.54) is 10.9 Å². The van der Waals surface area contributed by atoms with Crippen LogP contribution in [0.15, 0.2) is 34.9 Å². The minimum atomic E-state index is 0.255. The second-order valence-electron chi connectivity index (χ2n) is 4.41. The van der Waals surface area contributed by atoms with Crippen molar-refractivity contribution in [2.75, 3.05) is 0 Å². The molecule has 1 heterocycles. The minimum Gasteiger partial charge on any atom is -0.464 e. The molecular formula is C13H16O. The van der Waals surface area contributed by atoms with Crippen molar-refractivity contribution in [1.82, 2.24) is 0 Å². The number of rotatable bonds is 2. The molecule has 0 aliphatic carbocycles. The van der Waals surface area contributed by atoms with E-state index < -0.39 is 0 Å². The topological polar surface area (TPSA) is 13.1 Å². The normalized spacial score (nSPS) is 12.2. The van der Waals surface area contributed by atoms with Gasteiger partial charge in [0.05, 0.1) is 6.26 Å². The Labute approximate surface area is 84.7 Å². The Morgan fingerprint density at radius 2 is 2.00 bits per heavy atom. The van der Waals surface area contributed by atoms with Crippen molar-refractivity contribution in [1.29, 1.82) is 0 Å². The second kappa shape index (κ2) is 3.16. The van der Waals surface area contributed by atoms with Crippen molar-refractivity contribution >= 4 is 11.0 Å². The molecule has 0 fully saturated rings. The van der Waals surface area contributed by atoms with Crippen LogP contribution in [0.3, 0.4) is 0 Å². The third-order valence-corrected chi connectivity index (χ3v) is 3.12. The molecule has 1 aromatic heterocycles. The Morgan fingerprint density at radius 3 is 2.71 bits per heavy atom. The van der Waals surface area contributed by atoms with Gasteiger partial charge in [-0.1, -0.05) is 26.8 Å². The highest BCUT2D eigenvalue weighted by molar-refractivity contribution is 5.78. The maximum atomic E-state index is 5.32. The van der Waals surface area contributed by atoms with Crippen LogP contribution in [0.4, 0.5) is 0 Å². The summed E-state index contributed by atoms with van der Waals surface area (Å²) in [7, 11) is 0. The Morgan fingerprint density at radius 1 is 1.21 bits per heavy atom. The fraction of sp³-hybridized carbons (Fsp3) is 0.385. The summed E-state index contributed by atoms with van der Waals surface area (Å²) >= 11 is 0. The first-order valence-corrected chi connectivity index (χ1v) is 5.11. The molecule has 0 aliphatic rings. The third-order valence-electron chi connectivity index (χ3n) is 3.12. The molecule has 0 saturated carbocycles. The highest BCUT2D eigenvalue weighted by Gasteiger charge is 2.18. The van der Waals surface area contributed by atoms with Crippen LogP contribution in [-0.2, 0) is 5.41 Å². The minimum absolute atomic E-state index is 0.255. The SMILES string of the molecule is CCC(C)(C)c1ccc2occc2c1. The molecule has 14 heavy (non-hydrogen) atoms. The predicted octanol–water partition coefficient (Wildman–Crippen LogP) is 4.12. The summed E-state index contributed by atoms with van der Waals surface area (Å²) in [5.41, 5.74) is 2.61. The average Bonchev–Trinajstić information content (AvgIpc) is 2.64. The lowest BCUT2D eigenvalue weighted by atomic mass is 9.82. The van der Waals surface area contributed by atoms with Gasteiger partial charge in [0.25, 0.3) is 0 Å². The Bertz CT molecular complexity index is 437. The van der Waals surface area contributed by atoms with E-state index in [4.69, 9.17) is 4.42 Å². The Balaban J connectivity index is 2.53. The summed E-state index contributed by atoms with van der Waals surface area (Å²) < 4.78 is 5.32. The van der Waals surface area contributed by atoms with E-state index in [9.17, 15) is 0 Å². The van der Waals surface area contributed by atoms with Gasteiger partial charge in [0.2, 0.25) is 0 Å². The number of furan rings is 1. The van der Waals surface area contributed by atoms with Crippen LogP contribution in [-0.4, -0.2) is 0 Å². The van der Waals surface area contributed by atoms with Gasteiger partial charge in [0, 0.05) is 5.39 Å². The molecule has 2 rings (SSSR count). The lowest BCUT2D eigenvalue weighted by Crippen LogP contribution is -2.14. The van der Waals surface area contributed by atoms with E-state index in [2.05, 4.69) is 39.0 Å². The molecule has 0 bridgehead atoms. The van der Waals surface area contributed by atoms with Crippen molar-refractivity contribution in [2.24, 2.45) is 0 Å². The van der Waals surface area contributed by atoms with Crippen LogP contribution in [0.25, 0.3) is 11.0 Å². The standard InChI is InChI=1S/C13H16O/c1-4-13(2,3)11-5-6-12-10(9-11)7-8-14-12/h5-9H,4H2,1-3H3. The van der Waals surface area contributed by atoms with Gasteiger partial charge in [-0.25, -0.2) is 0 Å². The van der Waals surface area contributed by atoms with Crippen LogP contribution in [0, 0.1) is 0 Å². The van der Waals surface area contributed by atoms with Crippen LogP contribution >= 0.6 is 0 Å². The summed E-state index contributed by atoms with van der Waals surface area (Å²) in [5.74, 6) is 0. The van der Waals surface area contributed by atoms with Gasteiger partial charge in [0.1, 0.15) is 5.58 Å². The summed E-state index contributed by atoms with van der Waals surface area (Å²) in [6, 6.07) is 8.46. The van der Waals surface area contributed by atoms with Crippen LogP contribution in [0.1, 0.15) is 32.8 Å². The quantitative estimate of drug-likeness (QED) is 0.691. The van der Waals surface area contributed by atoms with Gasteiger partial charge >= 0.3 is 0 Å². The molecular weight excluding hydrogens is 172 g/mol. The van der Waals surface area contributed by atoms with Crippen LogP contribution < -0.4 is 0 Å². The first kappa shape index (κ1) is 9.32. The van der Waals surface area contributed by atoms with E-state index in [0.29, 0.717) is 0 Å². The molecule has 0 amide bonds. The predicted molar refractivity (Wildman–Crippen MR) is 59.5 cm³/mol. The number of hydrogen-bond acceptors (Lipinski definition) is 1. The van der Waals surface area contributed by atoms with E-state index in [-0.39, 0.29) is 5.41 Å². The summed E-state index contributed by atoms with van der Waals surface area (Å²) in [6.07, 6.45) is 2.89. The third kappa shape index (κ3) is 1.43. The molecule has 2 aromatic rings. The zero-order chi connectivity index (χ0) is 10.2. The number of fused-ring (bicyclic) bond motifs is 1. The fourth-order valence-electron chi connectivity index (χ4n) is 1.59. The van der Waals surface area contributed by atoms with Crippen molar-refractivity contribution in [3.63, 3.8) is 0 Å². The van der Waals surface area contributed by atoms with Crippen LogP contribution in [0.2, 0.25) is 0 Å². The number of benzene rings is 1. The van der Waals surface area contributed by atoms with Crippen molar-refractivity contribution < 1.29 is 4.42 Å². The zero-order valence-electron chi connectivity index (χ0n) is 9.00. The van der Waals surface area contributed by atoms with E-state index in [1.54, 1.807) is 6.26 Å². The maximum Gasteiger partial charge on any atom is 0.133 e. The highest BCUT2D eigenvalue weighted by atomic mass is 16.3. The highest BCUT2D eigenvalue weighted by Crippen LogP contribution is 2.29. The van der Waals surface area contributed by atoms with E-state index in [1.807, 2.05) is 6.07 Å². The largest absolute Gasteiger partial charge is 0.464 e. The maximum absolute atomic E-state index is 5.32. The van der Waals surface area contributed by atoms with Gasteiger partial charge < -0.3 is 4.42 Å². The molecule has 0 saturated heterocycles. The van der Waals surface area contributed by atoms with Gasteiger partial charge in [-0.3, -0.25) is 0 Å². The van der Waals surface area contributed by atoms with Crippen molar-refractivity contribution in [3.8, 4) is 0 Å². The smallest absolute Gasteiger partial charge is 0.133 e. The zero-order valence-corrected chi connectivity index (χ0v) is 9.00. The van der Waals surface area contributed by atoms with Gasteiger partial charge in [-0.05, 0) is 35.6 Å². The van der Waals surface area contributed by atoms with Gasteiger partial charge in [-0.15, -0.1) is 0 Å². The molecule has 0 unspecified atom stereocenters. The summed E-state index contributed by atoms with van der Waals surface area (Å²) in [6.45, 7) is 6.77. The molecule has 0 radical (unpaired) electrons. The van der Waals surface area contributed by atoms with Crippen LogP contribution in [0.5, 0.6) is 0 Å². The monoisotopic (exact) mass is 188 g/mol. The first-order valence-electron chi connectivity index (χ1n) is 5.11. The summed E-state index contributed by atoms with van der Waals surface area (Å²) in [5, 5.41) is 1.20. The molecule has 1 aromatic carbocycles. The van der Waals surface area contributed by atoms with Crippen molar-refractivity contribution in [2.45, 2.75) is 32.6 Å². The number of hydrogen-bond donors (Lipinski definition) is 0. The summed E-state index contributed by atoms with van der Waals surface area (Å²) in [4.78, 5) is 0. The molecule has 1 heteroatoms. The Kier molecular flexibility index (Phi) is 2.10. The van der Waals surface area contributed by atoms with E-state index in [0.717, 1.165) is 12.0 Å². The molecule has 0 aliphatic heterocycles. The van der Waals surface area contributed by atoms with E-state index >= 15 is 0 Å². The first-order chi connectivity index (χ1) is 6.63. The lowest BCUT2D eigenvalue weighted by Gasteiger charge is -2.23. The molecule has 74 valence electrons. The van der Waals surface area contributed by atoms with Crippen molar-refractivity contribution in [3.05, 3.63) is 36.1 Å². The molecule has 1 nitrogen and oxygen atoms in total. The van der Waals surface area contributed by atoms with Gasteiger partial charge in [-0.2, -0.15) is 0 Å². The fourth-order valence-corrected chi connectivity index (χ4v) is 1.59. The molecule has 0 N–H and O–H groups in total. The molecule has 0 spiro atoms. The Hall–Kier alpha value is -1.24. The average molecular weight is 188 g/mol. The lowest BCUT2D eigenvalue weighted by molar-refractivity contribution is 0.506. The molecule has 0 atom stereocenters. The van der Waals surface area contributed by atoms with Gasteiger partial charge in [0.15, 0.2) is 0 Å².